The second-order valence-electron chi connectivity index (χ2n) is 6.44. The van der Waals surface area contributed by atoms with Gasteiger partial charge in [0.15, 0.2) is 0 Å². The summed E-state index contributed by atoms with van der Waals surface area (Å²) in [6.07, 6.45) is 13.3. The second kappa shape index (κ2) is 12.8. The third kappa shape index (κ3) is 13.1. The van der Waals surface area contributed by atoms with E-state index in [-0.39, 0.29) is 0 Å². The van der Waals surface area contributed by atoms with Crippen LogP contribution in [0.3, 0.4) is 0 Å². The van der Waals surface area contributed by atoms with Crippen molar-refractivity contribution in [3.05, 3.63) is 0 Å². The molecule has 0 aliphatic rings. The molecule has 0 amide bonds. The van der Waals surface area contributed by atoms with Crippen molar-refractivity contribution in [3.63, 3.8) is 0 Å². The summed E-state index contributed by atoms with van der Waals surface area (Å²) in [5.41, 5.74) is 0. The minimum absolute atomic E-state index is 0.354. The van der Waals surface area contributed by atoms with E-state index in [1.165, 1.54) is 64.2 Å². The van der Waals surface area contributed by atoms with Crippen LogP contribution in [-0.4, -0.2) is 21.3 Å². The highest BCUT2D eigenvalue weighted by Crippen LogP contribution is 2.15. The van der Waals surface area contributed by atoms with Crippen molar-refractivity contribution in [1.29, 1.82) is 0 Å². The molecule has 0 saturated heterocycles. The van der Waals surface area contributed by atoms with Crippen molar-refractivity contribution < 1.29 is 8.85 Å². The molecule has 0 bridgehead atoms. The molecule has 0 aromatic rings. The fraction of sp³-hybridized carbons (Fsp3) is 1.00. The lowest BCUT2D eigenvalue weighted by Gasteiger charge is -2.27. The van der Waals surface area contributed by atoms with Crippen molar-refractivity contribution in [3.8, 4) is 0 Å². The van der Waals surface area contributed by atoms with Crippen LogP contribution in [0, 0.1) is 0 Å². The molecule has 0 aliphatic carbocycles. The van der Waals surface area contributed by atoms with Gasteiger partial charge in [-0.05, 0) is 32.9 Å². The maximum absolute atomic E-state index is 6.15. The van der Waals surface area contributed by atoms with Crippen molar-refractivity contribution in [2.24, 2.45) is 0 Å². The largest absolute Gasteiger partial charge is 0.395 e. The van der Waals surface area contributed by atoms with Crippen LogP contribution in [-0.2, 0) is 8.85 Å². The average Bonchev–Trinajstić information content (AvgIpc) is 2.37. The maximum atomic E-state index is 6.15. The molecule has 3 heteroatoms. The monoisotopic (exact) mass is 302 g/mol. The van der Waals surface area contributed by atoms with E-state index in [0.717, 1.165) is 6.61 Å². The van der Waals surface area contributed by atoms with Gasteiger partial charge in [-0.2, -0.15) is 0 Å². The number of rotatable bonds is 14. The molecule has 122 valence electrons. The Labute approximate surface area is 128 Å². The van der Waals surface area contributed by atoms with Gasteiger partial charge in [0, 0.05) is 12.7 Å². The SMILES string of the molecule is CCCCCCCCO[Si](C)(C)OC(C)CCCCC. The minimum atomic E-state index is -1.90. The average molecular weight is 303 g/mol. The van der Waals surface area contributed by atoms with Crippen LogP contribution in [0.25, 0.3) is 0 Å². The maximum Gasteiger partial charge on any atom is 0.331 e. The number of unbranched alkanes of at least 4 members (excludes halogenated alkanes) is 7. The van der Waals surface area contributed by atoms with Gasteiger partial charge >= 0.3 is 8.56 Å². The van der Waals surface area contributed by atoms with Gasteiger partial charge in [0.2, 0.25) is 0 Å². The van der Waals surface area contributed by atoms with Gasteiger partial charge in [0.05, 0.1) is 0 Å². The molecule has 2 nitrogen and oxygen atoms in total. The Morgan fingerprint density at radius 3 is 2.00 bits per heavy atom. The van der Waals surface area contributed by atoms with E-state index in [2.05, 4.69) is 33.9 Å². The smallest absolute Gasteiger partial charge is 0.331 e. The number of hydrogen-bond donors (Lipinski definition) is 0. The lowest BCUT2D eigenvalue weighted by atomic mass is 10.1. The molecule has 1 unspecified atom stereocenters. The zero-order valence-corrected chi connectivity index (χ0v) is 15.7. The first-order valence-corrected chi connectivity index (χ1v) is 11.6. The van der Waals surface area contributed by atoms with Gasteiger partial charge in [0.25, 0.3) is 0 Å². The Hall–Kier alpha value is 0.137. The van der Waals surface area contributed by atoms with Crippen LogP contribution in [0.2, 0.25) is 13.1 Å². The Balaban J connectivity index is 3.57. The van der Waals surface area contributed by atoms with Crippen molar-refractivity contribution in [2.75, 3.05) is 6.61 Å². The summed E-state index contributed by atoms with van der Waals surface area (Å²) < 4.78 is 12.2. The summed E-state index contributed by atoms with van der Waals surface area (Å²) >= 11 is 0. The van der Waals surface area contributed by atoms with Crippen molar-refractivity contribution in [2.45, 2.75) is 104 Å². The molecule has 0 aromatic heterocycles. The Morgan fingerprint density at radius 1 is 0.800 bits per heavy atom. The first-order valence-electron chi connectivity index (χ1n) is 8.83. The van der Waals surface area contributed by atoms with Gasteiger partial charge in [0.1, 0.15) is 0 Å². The molecule has 0 rings (SSSR count). The quantitative estimate of drug-likeness (QED) is 0.287. The van der Waals surface area contributed by atoms with Crippen LogP contribution >= 0.6 is 0 Å². The summed E-state index contributed by atoms with van der Waals surface area (Å²) in [4.78, 5) is 0. The van der Waals surface area contributed by atoms with Gasteiger partial charge < -0.3 is 8.85 Å². The van der Waals surface area contributed by atoms with Gasteiger partial charge in [-0.15, -0.1) is 0 Å². The normalized spacial score (nSPS) is 13.7. The highest BCUT2D eigenvalue weighted by atomic mass is 28.4. The van der Waals surface area contributed by atoms with Crippen LogP contribution in [0.1, 0.15) is 85.0 Å². The molecule has 0 spiro atoms. The molecular weight excluding hydrogens is 264 g/mol. The fourth-order valence-corrected chi connectivity index (χ4v) is 4.25. The third-order valence-corrected chi connectivity index (χ3v) is 5.52. The molecule has 0 fully saturated rings. The second-order valence-corrected chi connectivity index (χ2v) is 9.76. The molecular formula is C17H38O2Si. The lowest BCUT2D eigenvalue weighted by Crippen LogP contribution is -2.38. The topological polar surface area (TPSA) is 18.5 Å². The number of hydrogen-bond acceptors (Lipinski definition) is 2. The van der Waals surface area contributed by atoms with E-state index in [1.807, 2.05) is 0 Å². The van der Waals surface area contributed by atoms with E-state index < -0.39 is 8.56 Å². The Morgan fingerprint density at radius 2 is 1.35 bits per heavy atom. The van der Waals surface area contributed by atoms with Gasteiger partial charge in [-0.25, -0.2) is 0 Å². The lowest BCUT2D eigenvalue weighted by molar-refractivity contribution is 0.122. The summed E-state index contributed by atoms with van der Waals surface area (Å²) in [5, 5.41) is 0. The summed E-state index contributed by atoms with van der Waals surface area (Å²) in [6.45, 7) is 11.9. The standard InChI is InChI=1S/C17H38O2Si/c1-6-8-10-11-12-14-16-18-20(4,5)19-17(3)15-13-9-7-2/h17H,6-16H2,1-5H3. The van der Waals surface area contributed by atoms with E-state index in [0.29, 0.717) is 6.10 Å². The third-order valence-electron chi connectivity index (χ3n) is 3.65. The van der Waals surface area contributed by atoms with Crippen LogP contribution < -0.4 is 0 Å². The van der Waals surface area contributed by atoms with Crippen LogP contribution in [0.4, 0.5) is 0 Å². The minimum Gasteiger partial charge on any atom is -0.395 e. The molecule has 1 atom stereocenters. The van der Waals surface area contributed by atoms with Crippen molar-refractivity contribution >= 4 is 8.56 Å². The van der Waals surface area contributed by atoms with Gasteiger partial charge in [-0.3, -0.25) is 0 Å². The van der Waals surface area contributed by atoms with Crippen LogP contribution in [0.5, 0.6) is 0 Å². The first kappa shape index (κ1) is 20.1. The van der Waals surface area contributed by atoms with E-state index >= 15 is 0 Å². The van der Waals surface area contributed by atoms with Gasteiger partial charge in [-0.1, -0.05) is 65.2 Å². The summed E-state index contributed by atoms with van der Waals surface area (Å²) in [6, 6.07) is 0. The van der Waals surface area contributed by atoms with Crippen LogP contribution in [0.15, 0.2) is 0 Å². The van der Waals surface area contributed by atoms with E-state index in [1.54, 1.807) is 0 Å². The zero-order valence-electron chi connectivity index (χ0n) is 14.7. The summed E-state index contributed by atoms with van der Waals surface area (Å²) in [7, 11) is -1.90. The van der Waals surface area contributed by atoms with E-state index in [9.17, 15) is 0 Å². The predicted molar refractivity (Wildman–Crippen MR) is 91.5 cm³/mol. The zero-order chi connectivity index (χ0) is 15.3. The molecule has 0 heterocycles. The molecule has 0 saturated carbocycles. The fourth-order valence-electron chi connectivity index (χ4n) is 2.46. The summed E-state index contributed by atoms with van der Waals surface area (Å²) in [5.74, 6) is 0. The molecule has 0 N–H and O–H groups in total. The Kier molecular flexibility index (Phi) is 12.9. The van der Waals surface area contributed by atoms with Crippen molar-refractivity contribution in [1.82, 2.24) is 0 Å². The highest BCUT2D eigenvalue weighted by molar-refractivity contribution is 6.64. The molecule has 0 radical (unpaired) electrons. The highest BCUT2D eigenvalue weighted by Gasteiger charge is 2.26. The van der Waals surface area contributed by atoms with E-state index in [4.69, 9.17) is 8.85 Å². The molecule has 20 heavy (non-hydrogen) atoms. The Bertz CT molecular complexity index is 207. The first-order chi connectivity index (χ1) is 9.52. The molecule has 0 aromatic carbocycles. The molecule has 0 aliphatic heterocycles. The predicted octanol–water partition coefficient (Wildman–Crippen LogP) is 6.05.